The summed E-state index contributed by atoms with van der Waals surface area (Å²) >= 11 is 0. The summed E-state index contributed by atoms with van der Waals surface area (Å²) in [5.41, 5.74) is 1.69. The highest BCUT2D eigenvalue weighted by Gasteiger charge is 2.12. The highest BCUT2D eigenvalue weighted by atomic mass is 16.3. The van der Waals surface area contributed by atoms with Gasteiger partial charge in [0.2, 0.25) is 5.91 Å². The number of aliphatic hydroxyl groups is 1. The lowest BCUT2D eigenvalue weighted by atomic mass is 10.1. The molecule has 0 aliphatic carbocycles. The Morgan fingerprint density at radius 2 is 1.92 bits per heavy atom. The minimum absolute atomic E-state index is 0.0536. The van der Waals surface area contributed by atoms with Crippen LogP contribution in [0.3, 0.4) is 0 Å². The fraction of sp³-hybridized carbons (Fsp3) is 0.167. The number of amides is 1. The predicted molar refractivity (Wildman–Crippen MR) is 91.7 cm³/mol. The van der Waals surface area contributed by atoms with Crippen molar-refractivity contribution in [3.8, 4) is 0 Å². The van der Waals surface area contributed by atoms with Crippen LogP contribution in [0.15, 0.2) is 53.3 Å². The van der Waals surface area contributed by atoms with E-state index in [0.29, 0.717) is 22.2 Å². The number of nitrogens with zero attached hydrogens (tertiary/aromatic N) is 2. The quantitative estimate of drug-likeness (QED) is 0.764. The SMILES string of the molecule is Cn1nc(CC(=O)Nc2cccc(CO)c2)c2ccccc2c1=O. The molecule has 0 unspecified atom stereocenters. The Bertz CT molecular complexity index is 963. The van der Waals surface area contributed by atoms with E-state index >= 15 is 0 Å². The van der Waals surface area contributed by atoms with Gasteiger partial charge in [-0.2, -0.15) is 5.10 Å². The van der Waals surface area contributed by atoms with Crippen molar-refractivity contribution in [3.05, 3.63) is 70.1 Å². The Kier molecular flexibility index (Phi) is 4.39. The topological polar surface area (TPSA) is 84.2 Å². The number of aryl methyl sites for hydroxylation is 1. The van der Waals surface area contributed by atoms with Gasteiger partial charge in [0, 0.05) is 18.1 Å². The van der Waals surface area contributed by atoms with Crippen LogP contribution in [0.2, 0.25) is 0 Å². The third kappa shape index (κ3) is 3.18. The molecule has 0 aliphatic heterocycles. The fourth-order valence-electron chi connectivity index (χ4n) is 2.61. The zero-order valence-corrected chi connectivity index (χ0v) is 13.2. The lowest BCUT2D eigenvalue weighted by molar-refractivity contribution is -0.115. The Morgan fingerprint density at radius 3 is 2.67 bits per heavy atom. The van der Waals surface area contributed by atoms with Gasteiger partial charge in [0.1, 0.15) is 0 Å². The molecular formula is C18H17N3O3. The van der Waals surface area contributed by atoms with Crippen molar-refractivity contribution in [1.29, 1.82) is 0 Å². The third-order valence-corrected chi connectivity index (χ3v) is 3.75. The highest BCUT2D eigenvalue weighted by Crippen LogP contribution is 2.15. The Morgan fingerprint density at radius 1 is 1.17 bits per heavy atom. The van der Waals surface area contributed by atoms with Gasteiger partial charge in [-0.25, -0.2) is 4.68 Å². The molecule has 3 rings (SSSR count). The summed E-state index contributed by atoms with van der Waals surface area (Å²) in [4.78, 5) is 24.4. The monoisotopic (exact) mass is 323 g/mol. The maximum absolute atomic E-state index is 12.3. The van der Waals surface area contributed by atoms with E-state index in [-0.39, 0.29) is 24.5 Å². The zero-order valence-electron chi connectivity index (χ0n) is 13.2. The van der Waals surface area contributed by atoms with E-state index in [1.54, 1.807) is 49.5 Å². The van der Waals surface area contributed by atoms with Crippen LogP contribution in [0, 0.1) is 0 Å². The van der Waals surface area contributed by atoms with Crippen molar-refractivity contribution in [2.24, 2.45) is 7.05 Å². The molecule has 1 heterocycles. The van der Waals surface area contributed by atoms with Crippen LogP contribution >= 0.6 is 0 Å². The molecule has 1 amide bonds. The molecule has 24 heavy (non-hydrogen) atoms. The molecule has 2 aromatic carbocycles. The van der Waals surface area contributed by atoms with Gasteiger partial charge in [0.15, 0.2) is 0 Å². The van der Waals surface area contributed by atoms with Gasteiger partial charge in [-0.1, -0.05) is 30.3 Å². The normalized spacial score (nSPS) is 10.8. The summed E-state index contributed by atoms with van der Waals surface area (Å²) in [6, 6.07) is 14.1. The van der Waals surface area contributed by atoms with E-state index in [0.717, 1.165) is 5.56 Å². The Hall–Kier alpha value is -2.99. The number of carbonyl (C=O) groups excluding carboxylic acids is 1. The standard InChI is InChI=1S/C18H17N3O3/c1-21-18(24)15-8-3-2-7-14(15)16(20-21)10-17(23)19-13-6-4-5-12(9-13)11-22/h2-9,22H,10-11H2,1H3,(H,19,23). The number of hydrogen-bond donors (Lipinski definition) is 2. The number of aromatic nitrogens is 2. The maximum Gasteiger partial charge on any atom is 0.274 e. The molecule has 6 heteroatoms. The van der Waals surface area contributed by atoms with Crippen LogP contribution in [-0.4, -0.2) is 20.8 Å². The number of aliphatic hydroxyl groups excluding tert-OH is 1. The van der Waals surface area contributed by atoms with E-state index in [1.807, 2.05) is 6.07 Å². The average molecular weight is 323 g/mol. The first-order chi connectivity index (χ1) is 11.6. The summed E-state index contributed by atoms with van der Waals surface area (Å²) in [6.07, 6.45) is 0.0536. The van der Waals surface area contributed by atoms with Crippen LogP contribution < -0.4 is 10.9 Å². The van der Waals surface area contributed by atoms with Gasteiger partial charge < -0.3 is 10.4 Å². The minimum Gasteiger partial charge on any atom is -0.392 e. The van der Waals surface area contributed by atoms with Crippen LogP contribution in [0.1, 0.15) is 11.3 Å². The molecule has 6 nitrogen and oxygen atoms in total. The van der Waals surface area contributed by atoms with Crippen molar-refractivity contribution >= 4 is 22.4 Å². The number of anilines is 1. The molecule has 2 N–H and O–H groups in total. The summed E-state index contributed by atoms with van der Waals surface area (Å²) in [7, 11) is 1.57. The maximum atomic E-state index is 12.3. The third-order valence-electron chi connectivity index (χ3n) is 3.75. The molecule has 0 fully saturated rings. The van der Waals surface area contributed by atoms with Crippen molar-refractivity contribution in [3.63, 3.8) is 0 Å². The van der Waals surface area contributed by atoms with Gasteiger partial charge in [0.25, 0.3) is 5.56 Å². The second-order valence-electron chi connectivity index (χ2n) is 5.50. The van der Waals surface area contributed by atoms with Gasteiger partial charge in [-0.3, -0.25) is 9.59 Å². The van der Waals surface area contributed by atoms with Crippen LogP contribution in [0.25, 0.3) is 10.8 Å². The van der Waals surface area contributed by atoms with Gasteiger partial charge in [-0.05, 0) is 23.8 Å². The van der Waals surface area contributed by atoms with Crippen molar-refractivity contribution < 1.29 is 9.90 Å². The van der Waals surface area contributed by atoms with Crippen LogP contribution in [-0.2, 0) is 24.9 Å². The lowest BCUT2D eigenvalue weighted by Gasteiger charge is -2.09. The number of carbonyl (C=O) groups is 1. The molecule has 0 aliphatic rings. The van der Waals surface area contributed by atoms with E-state index in [1.165, 1.54) is 4.68 Å². The van der Waals surface area contributed by atoms with Crippen molar-refractivity contribution in [2.45, 2.75) is 13.0 Å². The highest BCUT2D eigenvalue weighted by molar-refractivity contribution is 5.95. The predicted octanol–water partition coefficient (Wildman–Crippen LogP) is 1.61. The molecule has 122 valence electrons. The molecule has 1 aromatic heterocycles. The Balaban J connectivity index is 1.88. The molecule has 0 bridgehead atoms. The lowest BCUT2D eigenvalue weighted by Crippen LogP contribution is -2.24. The molecular weight excluding hydrogens is 306 g/mol. The summed E-state index contributed by atoms with van der Waals surface area (Å²) < 4.78 is 1.25. The number of nitrogens with one attached hydrogen (secondary N) is 1. The number of benzene rings is 2. The second-order valence-corrected chi connectivity index (χ2v) is 5.50. The second kappa shape index (κ2) is 6.64. The van der Waals surface area contributed by atoms with Gasteiger partial charge in [-0.15, -0.1) is 0 Å². The molecule has 0 saturated heterocycles. The van der Waals surface area contributed by atoms with Crippen LogP contribution in [0.5, 0.6) is 0 Å². The molecule has 0 atom stereocenters. The van der Waals surface area contributed by atoms with Gasteiger partial charge in [0.05, 0.1) is 24.1 Å². The molecule has 0 radical (unpaired) electrons. The van der Waals surface area contributed by atoms with E-state index in [2.05, 4.69) is 10.4 Å². The first kappa shape index (κ1) is 15.9. The number of hydrogen-bond acceptors (Lipinski definition) is 4. The smallest absolute Gasteiger partial charge is 0.274 e. The Labute approximate surface area is 138 Å². The summed E-state index contributed by atoms with van der Waals surface area (Å²) in [5.74, 6) is -0.235. The molecule has 3 aromatic rings. The van der Waals surface area contributed by atoms with E-state index in [4.69, 9.17) is 5.11 Å². The average Bonchev–Trinajstić information content (AvgIpc) is 2.59. The first-order valence-corrected chi connectivity index (χ1v) is 7.53. The van der Waals surface area contributed by atoms with Gasteiger partial charge >= 0.3 is 0 Å². The number of fused-ring (bicyclic) bond motifs is 1. The van der Waals surface area contributed by atoms with Crippen molar-refractivity contribution in [2.75, 3.05) is 5.32 Å². The minimum atomic E-state index is -0.235. The summed E-state index contributed by atoms with van der Waals surface area (Å²) in [5, 5.41) is 17.4. The number of rotatable bonds is 4. The zero-order chi connectivity index (χ0) is 17.1. The first-order valence-electron chi connectivity index (χ1n) is 7.53. The van der Waals surface area contributed by atoms with E-state index in [9.17, 15) is 9.59 Å². The van der Waals surface area contributed by atoms with Crippen molar-refractivity contribution in [1.82, 2.24) is 9.78 Å². The molecule has 0 spiro atoms. The van der Waals surface area contributed by atoms with Crippen LogP contribution in [0.4, 0.5) is 5.69 Å². The molecule has 0 saturated carbocycles. The summed E-state index contributed by atoms with van der Waals surface area (Å²) in [6.45, 7) is -0.0866. The largest absolute Gasteiger partial charge is 0.392 e. The van der Waals surface area contributed by atoms with E-state index < -0.39 is 0 Å². The fourth-order valence-corrected chi connectivity index (χ4v) is 2.61.